The van der Waals surface area contributed by atoms with E-state index in [-0.39, 0.29) is 16.9 Å². The number of sulfonamides is 1. The number of carbonyl (C=O) groups is 2. The van der Waals surface area contributed by atoms with Gasteiger partial charge >= 0.3 is 5.97 Å². The normalized spacial score (nSPS) is 14.0. The summed E-state index contributed by atoms with van der Waals surface area (Å²) in [5.41, 5.74) is 7.74. The van der Waals surface area contributed by atoms with Crippen LogP contribution in [0.5, 0.6) is 0 Å². The Morgan fingerprint density at radius 2 is 1.69 bits per heavy atom. The quantitative estimate of drug-likeness (QED) is 0.114. The third-order valence-corrected chi connectivity index (χ3v) is 13.9. The minimum atomic E-state index is -4.01. The average Bonchev–Trinajstić information content (AvgIpc) is 3.93. The van der Waals surface area contributed by atoms with Crippen molar-refractivity contribution in [2.45, 2.75) is 64.9 Å². The Balaban J connectivity index is 0.999. The highest BCUT2D eigenvalue weighted by Gasteiger charge is 2.33. The SMILES string of the molecule is COC(=O)C[C@@H]1N=C(c2ccc(-c3cc(C)c(C(=O)N[C@H](C)c4ccc(S(=O)(=O)Nc5ccc(C)c6c(C#N)c[nH]c56)cc4)cc3F)cc2)c2c(sc(C)c2C)-n2c(C)nnc21. The number of aryl methyl sites for hydroxylation is 4. The molecule has 0 fully saturated rings. The lowest BCUT2D eigenvalue weighted by Crippen LogP contribution is -2.27. The van der Waals surface area contributed by atoms with E-state index < -0.39 is 39.8 Å². The van der Waals surface area contributed by atoms with Crippen molar-refractivity contribution in [2.24, 2.45) is 4.99 Å². The molecule has 8 rings (SSSR count). The van der Waals surface area contributed by atoms with E-state index in [2.05, 4.69) is 31.3 Å². The molecule has 0 radical (unpaired) electrons. The number of benzene rings is 4. The number of nitrogens with one attached hydrogen (secondary N) is 3. The van der Waals surface area contributed by atoms with Crippen molar-refractivity contribution in [2.75, 3.05) is 11.8 Å². The summed E-state index contributed by atoms with van der Waals surface area (Å²) in [5, 5.41) is 22.7. The lowest BCUT2D eigenvalue weighted by molar-refractivity contribution is -0.141. The van der Waals surface area contributed by atoms with Crippen molar-refractivity contribution < 1.29 is 27.1 Å². The van der Waals surface area contributed by atoms with Crippen molar-refractivity contribution in [3.05, 3.63) is 146 Å². The van der Waals surface area contributed by atoms with Crippen LogP contribution in [0.1, 0.15) is 91.3 Å². The van der Waals surface area contributed by atoms with Gasteiger partial charge in [-0.25, -0.2) is 12.8 Å². The molecule has 0 saturated heterocycles. The van der Waals surface area contributed by atoms with E-state index >= 15 is 4.39 Å². The van der Waals surface area contributed by atoms with Gasteiger partial charge < -0.3 is 15.0 Å². The second kappa shape index (κ2) is 16.1. The number of thiophene rings is 1. The van der Waals surface area contributed by atoms with Gasteiger partial charge in [0.2, 0.25) is 0 Å². The van der Waals surface area contributed by atoms with Crippen LogP contribution in [0.4, 0.5) is 10.1 Å². The topological polar surface area (TPSA) is 184 Å². The van der Waals surface area contributed by atoms with Crippen LogP contribution in [0.2, 0.25) is 0 Å². The number of fused-ring (bicyclic) bond motifs is 4. The summed E-state index contributed by atoms with van der Waals surface area (Å²) in [7, 11) is -2.67. The Kier molecular flexibility index (Phi) is 10.9. The van der Waals surface area contributed by atoms with Gasteiger partial charge in [-0.1, -0.05) is 42.5 Å². The van der Waals surface area contributed by atoms with Crippen molar-refractivity contribution >= 4 is 55.5 Å². The van der Waals surface area contributed by atoms with Gasteiger partial charge in [-0.3, -0.25) is 23.9 Å². The number of aliphatic imine (C=N–C) groups is 1. The van der Waals surface area contributed by atoms with E-state index in [9.17, 15) is 23.3 Å². The summed E-state index contributed by atoms with van der Waals surface area (Å²) < 4.78 is 52.3. The van der Waals surface area contributed by atoms with Gasteiger partial charge in [0.1, 0.15) is 28.8 Å². The predicted molar refractivity (Wildman–Crippen MR) is 236 cm³/mol. The van der Waals surface area contributed by atoms with Crippen LogP contribution in [0.25, 0.3) is 27.0 Å². The maximum absolute atomic E-state index is 16.0. The van der Waals surface area contributed by atoms with Crippen molar-refractivity contribution in [1.82, 2.24) is 25.1 Å². The minimum absolute atomic E-state index is 0.00818. The molecule has 2 atom stereocenters. The number of aromatic nitrogens is 4. The Labute approximate surface area is 361 Å². The van der Waals surface area contributed by atoms with E-state index in [1.54, 1.807) is 61.7 Å². The molecule has 0 saturated carbocycles. The number of rotatable bonds is 10. The van der Waals surface area contributed by atoms with Gasteiger partial charge in [-0.05, 0) is 99.7 Å². The number of aromatic amines is 1. The molecule has 7 aromatic rings. The molecule has 3 N–H and O–H groups in total. The number of hydrogen-bond donors (Lipinski definition) is 3. The van der Waals surface area contributed by atoms with Crippen LogP contribution >= 0.6 is 11.3 Å². The molecule has 0 aliphatic carbocycles. The first kappa shape index (κ1) is 41.8. The zero-order valence-electron chi connectivity index (χ0n) is 34.8. The highest BCUT2D eigenvalue weighted by Crippen LogP contribution is 2.40. The number of hydrogen-bond acceptors (Lipinski definition) is 10. The number of nitriles is 1. The molecule has 3 aromatic heterocycles. The minimum Gasteiger partial charge on any atom is -0.469 e. The fraction of sp³-hybridized carbons (Fsp3) is 0.217. The van der Waals surface area contributed by atoms with Gasteiger partial charge in [0.15, 0.2) is 5.82 Å². The smallest absolute Gasteiger partial charge is 0.308 e. The Bertz CT molecular complexity index is 3140. The molecule has 16 heteroatoms. The van der Waals surface area contributed by atoms with Crippen LogP contribution in [0.15, 0.2) is 88.9 Å². The van der Waals surface area contributed by atoms with Gasteiger partial charge in [0.25, 0.3) is 15.9 Å². The predicted octanol–water partition coefficient (Wildman–Crippen LogP) is 8.78. The summed E-state index contributed by atoms with van der Waals surface area (Å²) in [5.74, 6) is -0.279. The maximum atomic E-state index is 16.0. The third-order valence-electron chi connectivity index (χ3n) is 11.3. The molecule has 1 aliphatic heterocycles. The van der Waals surface area contributed by atoms with Crippen molar-refractivity contribution in [3.8, 4) is 22.2 Å². The molecule has 0 unspecified atom stereocenters. The van der Waals surface area contributed by atoms with E-state index in [1.165, 1.54) is 25.3 Å². The molecule has 0 spiro atoms. The second-order valence-corrected chi connectivity index (χ2v) is 18.2. The molecule has 1 amide bonds. The number of halogens is 1. The lowest BCUT2D eigenvalue weighted by Gasteiger charge is -2.17. The molecule has 4 aromatic carbocycles. The highest BCUT2D eigenvalue weighted by molar-refractivity contribution is 7.92. The largest absolute Gasteiger partial charge is 0.469 e. The lowest BCUT2D eigenvalue weighted by atomic mass is 9.95. The third kappa shape index (κ3) is 7.43. The highest BCUT2D eigenvalue weighted by atomic mass is 32.2. The average molecular weight is 869 g/mol. The number of anilines is 1. The fourth-order valence-electron chi connectivity index (χ4n) is 7.81. The molecule has 13 nitrogen and oxygen atoms in total. The molecule has 0 bridgehead atoms. The van der Waals surface area contributed by atoms with Crippen LogP contribution in [0.3, 0.4) is 0 Å². The number of carbonyl (C=O) groups excluding carboxylic acids is 2. The Morgan fingerprint density at radius 3 is 2.39 bits per heavy atom. The van der Waals surface area contributed by atoms with Crippen LogP contribution in [-0.2, 0) is 19.6 Å². The van der Waals surface area contributed by atoms with Crippen molar-refractivity contribution in [1.29, 1.82) is 5.26 Å². The number of esters is 1. The monoisotopic (exact) mass is 868 g/mol. The fourth-order valence-corrected chi connectivity index (χ4v) is 10.1. The van der Waals surface area contributed by atoms with Crippen LogP contribution in [0, 0.1) is 51.8 Å². The Morgan fingerprint density at radius 1 is 0.984 bits per heavy atom. The van der Waals surface area contributed by atoms with Gasteiger partial charge in [0.05, 0.1) is 46.9 Å². The van der Waals surface area contributed by atoms with Crippen LogP contribution < -0.4 is 10.0 Å². The number of ether oxygens (including phenoxy) is 1. The number of nitrogens with zero attached hydrogens (tertiary/aromatic N) is 5. The molecular weight excluding hydrogens is 828 g/mol. The number of amides is 1. The van der Waals surface area contributed by atoms with Gasteiger partial charge in [-0.2, -0.15) is 5.26 Å². The summed E-state index contributed by atoms with van der Waals surface area (Å²) in [6, 6.07) is 20.7. The first-order valence-electron chi connectivity index (χ1n) is 19.6. The zero-order chi connectivity index (χ0) is 44.2. The summed E-state index contributed by atoms with van der Waals surface area (Å²) in [4.78, 5) is 35.3. The maximum Gasteiger partial charge on any atom is 0.308 e. The molecule has 62 heavy (non-hydrogen) atoms. The Hall–Kier alpha value is -6.96. The van der Waals surface area contributed by atoms with Gasteiger partial charge in [0, 0.05) is 38.7 Å². The van der Waals surface area contributed by atoms with E-state index in [0.29, 0.717) is 61.8 Å². The summed E-state index contributed by atoms with van der Waals surface area (Å²) in [6.45, 7) is 11.3. The first-order valence-corrected chi connectivity index (χ1v) is 21.9. The molecule has 4 heterocycles. The number of H-pyrrole nitrogens is 1. The second-order valence-electron chi connectivity index (χ2n) is 15.3. The molecule has 314 valence electrons. The first-order chi connectivity index (χ1) is 29.6. The molecule has 1 aliphatic rings. The van der Waals surface area contributed by atoms with E-state index in [1.807, 2.05) is 56.5 Å². The summed E-state index contributed by atoms with van der Waals surface area (Å²) >= 11 is 1.60. The van der Waals surface area contributed by atoms with E-state index in [0.717, 1.165) is 32.1 Å². The van der Waals surface area contributed by atoms with Crippen LogP contribution in [-0.4, -0.2) is 52.9 Å². The van der Waals surface area contributed by atoms with Crippen molar-refractivity contribution in [3.63, 3.8) is 0 Å². The zero-order valence-corrected chi connectivity index (χ0v) is 36.5. The van der Waals surface area contributed by atoms with Gasteiger partial charge in [-0.15, -0.1) is 21.5 Å². The number of methoxy groups -OCH3 is 1. The molecular formula is C46H41FN8O5S2. The van der Waals surface area contributed by atoms with E-state index in [4.69, 9.17) is 9.73 Å². The standard InChI is InChI=1S/C46H41FN8O5S2/c1-23-8-17-37(43-40(23)32(21-48)22-49-43)54-62(58,59)33-15-13-29(14-16-33)26(4)50-45(57)34-19-36(47)35(18-24(34)2)30-9-11-31(12-10-30)42-41-25(3)27(5)61-46(41)55-28(6)52-53-44(55)38(51-42)20-39(56)60-7/h8-19,22,26,38,49,54H,20H2,1-7H3,(H,50,57)/t26-,38+/m1/s1. The summed E-state index contributed by atoms with van der Waals surface area (Å²) in [6.07, 6.45) is 1.52.